The van der Waals surface area contributed by atoms with E-state index in [-0.39, 0.29) is 23.7 Å². The van der Waals surface area contributed by atoms with Crippen LogP contribution in [0.1, 0.15) is 0 Å². The summed E-state index contributed by atoms with van der Waals surface area (Å²) in [5.74, 6) is -0.283. The molecule has 2 aromatic rings. The normalized spacial score (nSPS) is 15.4. The van der Waals surface area contributed by atoms with Crippen LogP contribution in [0, 0.1) is 0 Å². The lowest BCUT2D eigenvalue weighted by atomic mass is 10.1. The van der Waals surface area contributed by atoms with Crippen LogP contribution in [0.15, 0.2) is 28.9 Å². The number of fused-ring (bicyclic) bond motifs is 1. The standard InChI is InChI=1S/C14H13BrF3N3O.ClH/c15-10-8-20-12-9(13(10)21-6-4-19-5-7-21)2-1-3-11(12)22-14(16,17)18;/h1-3,8,19H,4-7H2;1H. The van der Waals surface area contributed by atoms with Gasteiger partial charge in [0.1, 0.15) is 5.52 Å². The smallest absolute Gasteiger partial charge is 0.403 e. The van der Waals surface area contributed by atoms with Crippen molar-refractivity contribution in [2.45, 2.75) is 6.36 Å². The molecule has 0 unspecified atom stereocenters. The van der Waals surface area contributed by atoms with Gasteiger partial charge in [-0.3, -0.25) is 4.98 Å². The number of rotatable bonds is 2. The van der Waals surface area contributed by atoms with E-state index in [9.17, 15) is 13.2 Å². The average Bonchev–Trinajstić information content (AvgIpc) is 2.46. The largest absolute Gasteiger partial charge is 0.573 e. The van der Waals surface area contributed by atoms with E-state index in [0.717, 1.165) is 36.3 Å². The van der Waals surface area contributed by atoms with Crippen LogP contribution in [0.2, 0.25) is 0 Å². The van der Waals surface area contributed by atoms with Crippen LogP contribution in [0.4, 0.5) is 18.9 Å². The number of hydrogen-bond acceptors (Lipinski definition) is 4. The third-order valence-corrected chi connectivity index (χ3v) is 4.03. The van der Waals surface area contributed by atoms with Crippen LogP contribution in [0.25, 0.3) is 10.9 Å². The van der Waals surface area contributed by atoms with Gasteiger partial charge >= 0.3 is 6.36 Å². The van der Waals surface area contributed by atoms with Gasteiger partial charge in [0, 0.05) is 37.8 Å². The lowest BCUT2D eigenvalue weighted by Gasteiger charge is -2.31. The van der Waals surface area contributed by atoms with Gasteiger partial charge in [-0.05, 0) is 22.0 Å². The van der Waals surface area contributed by atoms with Crippen molar-refractivity contribution in [1.29, 1.82) is 0 Å². The second-order valence-electron chi connectivity index (χ2n) is 4.89. The molecule has 23 heavy (non-hydrogen) atoms. The topological polar surface area (TPSA) is 37.4 Å². The SMILES string of the molecule is Cl.FC(F)(F)Oc1cccc2c(N3CCNCC3)c(Br)cnc12. The van der Waals surface area contributed by atoms with E-state index in [1.54, 1.807) is 12.1 Å². The van der Waals surface area contributed by atoms with Crippen molar-refractivity contribution >= 4 is 44.9 Å². The molecule has 1 aliphatic heterocycles. The zero-order valence-electron chi connectivity index (χ0n) is 11.9. The number of anilines is 1. The molecule has 0 radical (unpaired) electrons. The number of ether oxygens (including phenoxy) is 1. The molecular formula is C14H14BrClF3N3O. The van der Waals surface area contributed by atoms with Crippen molar-refractivity contribution in [2.75, 3.05) is 31.1 Å². The maximum atomic E-state index is 12.5. The predicted octanol–water partition coefficient (Wildman–Crippen LogP) is 3.73. The summed E-state index contributed by atoms with van der Waals surface area (Å²) in [5, 5.41) is 3.89. The highest BCUT2D eigenvalue weighted by Crippen LogP contribution is 2.38. The molecule has 0 bridgehead atoms. The summed E-state index contributed by atoms with van der Waals surface area (Å²) >= 11 is 3.45. The third kappa shape index (κ3) is 3.99. The second kappa shape index (κ2) is 7.11. The van der Waals surface area contributed by atoms with Gasteiger partial charge in [0.05, 0.1) is 10.2 Å². The fourth-order valence-corrected chi connectivity index (χ4v) is 3.14. The third-order valence-electron chi connectivity index (χ3n) is 3.45. The first-order chi connectivity index (χ1) is 10.5. The monoisotopic (exact) mass is 411 g/mol. The zero-order valence-corrected chi connectivity index (χ0v) is 14.3. The minimum absolute atomic E-state index is 0. The highest BCUT2D eigenvalue weighted by molar-refractivity contribution is 9.10. The van der Waals surface area contributed by atoms with Gasteiger partial charge in [-0.25, -0.2) is 0 Å². The van der Waals surface area contributed by atoms with Crippen LogP contribution in [-0.2, 0) is 0 Å². The molecule has 1 aliphatic rings. The molecule has 0 atom stereocenters. The van der Waals surface area contributed by atoms with Crippen LogP contribution in [0.5, 0.6) is 5.75 Å². The van der Waals surface area contributed by atoms with Gasteiger partial charge in [0.25, 0.3) is 0 Å². The number of piperazine rings is 1. The Balaban J connectivity index is 0.00000192. The Labute approximate surface area is 145 Å². The van der Waals surface area contributed by atoms with E-state index in [1.165, 1.54) is 12.3 Å². The Hall–Kier alpha value is -1.25. The fraction of sp³-hybridized carbons (Fsp3) is 0.357. The van der Waals surface area contributed by atoms with E-state index in [2.05, 4.69) is 35.9 Å². The van der Waals surface area contributed by atoms with Crippen molar-refractivity contribution in [1.82, 2.24) is 10.3 Å². The Bertz CT molecular complexity index is 693. The molecular weight excluding hydrogens is 399 g/mol. The maximum absolute atomic E-state index is 12.5. The van der Waals surface area contributed by atoms with Crippen molar-refractivity contribution in [2.24, 2.45) is 0 Å². The minimum Gasteiger partial charge on any atom is -0.403 e. The summed E-state index contributed by atoms with van der Waals surface area (Å²) in [6, 6.07) is 4.58. The summed E-state index contributed by atoms with van der Waals surface area (Å²) in [4.78, 5) is 6.23. The Morgan fingerprint density at radius 3 is 2.57 bits per heavy atom. The van der Waals surface area contributed by atoms with Crippen molar-refractivity contribution < 1.29 is 17.9 Å². The summed E-state index contributed by atoms with van der Waals surface area (Å²) in [7, 11) is 0. The van der Waals surface area contributed by atoms with E-state index in [4.69, 9.17) is 0 Å². The van der Waals surface area contributed by atoms with Crippen LogP contribution >= 0.6 is 28.3 Å². The summed E-state index contributed by atoms with van der Waals surface area (Å²) < 4.78 is 42.4. The molecule has 1 saturated heterocycles. The Kier molecular flexibility index (Phi) is 5.59. The molecule has 0 amide bonds. The van der Waals surface area contributed by atoms with Crippen LogP contribution in [-0.4, -0.2) is 37.5 Å². The van der Waals surface area contributed by atoms with Gasteiger partial charge in [-0.15, -0.1) is 25.6 Å². The fourth-order valence-electron chi connectivity index (χ4n) is 2.57. The number of pyridine rings is 1. The number of aromatic nitrogens is 1. The number of alkyl halides is 3. The minimum atomic E-state index is -4.74. The molecule has 1 aromatic heterocycles. The van der Waals surface area contributed by atoms with E-state index < -0.39 is 6.36 Å². The van der Waals surface area contributed by atoms with Gasteiger partial charge in [-0.2, -0.15) is 0 Å². The molecule has 126 valence electrons. The van der Waals surface area contributed by atoms with Crippen LogP contribution in [0.3, 0.4) is 0 Å². The van der Waals surface area contributed by atoms with Crippen LogP contribution < -0.4 is 15.0 Å². The van der Waals surface area contributed by atoms with E-state index >= 15 is 0 Å². The lowest BCUT2D eigenvalue weighted by molar-refractivity contribution is -0.274. The molecule has 1 fully saturated rings. The molecule has 2 heterocycles. The predicted molar refractivity (Wildman–Crippen MR) is 88.5 cm³/mol. The number of hydrogen-bond donors (Lipinski definition) is 1. The summed E-state index contributed by atoms with van der Waals surface area (Å²) in [5.41, 5.74) is 1.05. The molecule has 0 spiro atoms. The van der Waals surface area contributed by atoms with Crippen molar-refractivity contribution in [3.8, 4) is 5.75 Å². The highest BCUT2D eigenvalue weighted by atomic mass is 79.9. The summed E-state index contributed by atoms with van der Waals surface area (Å²) in [6.45, 7) is 3.22. The maximum Gasteiger partial charge on any atom is 0.573 e. The number of benzene rings is 1. The number of para-hydroxylation sites is 1. The van der Waals surface area contributed by atoms with Crippen molar-refractivity contribution in [3.63, 3.8) is 0 Å². The Morgan fingerprint density at radius 1 is 1.22 bits per heavy atom. The Morgan fingerprint density at radius 2 is 1.91 bits per heavy atom. The zero-order chi connectivity index (χ0) is 15.7. The molecule has 0 saturated carbocycles. The lowest BCUT2D eigenvalue weighted by Crippen LogP contribution is -2.43. The molecule has 4 nitrogen and oxygen atoms in total. The number of nitrogens with zero attached hydrogens (tertiary/aromatic N) is 2. The van der Waals surface area contributed by atoms with Gasteiger partial charge < -0.3 is 15.0 Å². The first-order valence-electron chi connectivity index (χ1n) is 6.74. The first-order valence-corrected chi connectivity index (χ1v) is 7.53. The van der Waals surface area contributed by atoms with E-state index in [1.807, 2.05) is 0 Å². The number of nitrogens with one attached hydrogen (secondary N) is 1. The van der Waals surface area contributed by atoms with Gasteiger partial charge in [-0.1, -0.05) is 12.1 Å². The average molecular weight is 413 g/mol. The highest BCUT2D eigenvalue weighted by Gasteiger charge is 2.32. The van der Waals surface area contributed by atoms with Gasteiger partial charge in [0.2, 0.25) is 0 Å². The molecule has 1 N–H and O–H groups in total. The first kappa shape index (κ1) is 18.1. The second-order valence-corrected chi connectivity index (χ2v) is 5.75. The molecule has 1 aromatic carbocycles. The van der Waals surface area contributed by atoms with Crippen molar-refractivity contribution in [3.05, 3.63) is 28.9 Å². The summed E-state index contributed by atoms with van der Waals surface area (Å²) in [6.07, 6.45) is -3.22. The van der Waals surface area contributed by atoms with Gasteiger partial charge in [0.15, 0.2) is 5.75 Å². The van der Waals surface area contributed by atoms with E-state index in [0.29, 0.717) is 5.39 Å². The molecule has 9 heteroatoms. The number of halogens is 5. The molecule has 0 aliphatic carbocycles. The molecule has 3 rings (SSSR count). The quantitative estimate of drug-likeness (QED) is 0.816.